The van der Waals surface area contributed by atoms with Crippen molar-refractivity contribution >= 4 is 29.1 Å². The summed E-state index contributed by atoms with van der Waals surface area (Å²) in [7, 11) is 0. The van der Waals surface area contributed by atoms with Gasteiger partial charge in [0.1, 0.15) is 5.75 Å². The van der Waals surface area contributed by atoms with Gasteiger partial charge in [-0.2, -0.15) is 0 Å². The summed E-state index contributed by atoms with van der Waals surface area (Å²) in [5, 5.41) is 5.09. The lowest BCUT2D eigenvalue weighted by atomic mass is 10.2. The molecule has 0 saturated carbocycles. The van der Waals surface area contributed by atoms with E-state index in [0.29, 0.717) is 24.7 Å². The standard InChI is InChI=1S/C20H20ClN4O3/c1-2-28-16-9-7-15(8-10-16)23-11-12-24-18(26)19(27)25(22-20(23)24)13-14-5-3-4-6-17(14)21/h3-10,20H,2,11-13H2,1H3/q+1. The average molecular weight is 400 g/mol. The summed E-state index contributed by atoms with van der Waals surface area (Å²) in [4.78, 5) is 28.6. The highest BCUT2D eigenvalue weighted by Crippen LogP contribution is 2.29. The molecule has 28 heavy (non-hydrogen) atoms. The van der Waals surface area contributed by atoms with E-state index in [9.17, 15) is 9.59 Å². The number of halogens is 1. The minimum atomic E-state index is -0.635. The molecule has 0 radical (unpaired) electrons. The van der Waals surface area contributed by atoms with Crippen molar-refractivity contribution in [2.24, 2.45) is 5.11 Å². The Bertz CT molecular complexity index is 945. The molecule has 0 aliphatic carbocycles. The molecule has 1 unspecified atom stereocenters. The molecular formula is C20H20ClN4O3+. The summed E-state index contributed by atoms with van der Waals surface area (Å²) >= 11 is 6.21. The Morgan fingerprint density at radius 1 is 1.11 bits per heavy atom. The number of benzene rings is 2. The molecule has 2 heterocycles. The van der Waals surface area contributed by atoms with Gasteiger partial charge in [-0.1, -0.05) is 29.8 Å². The van der Waals surface area contributed by atoms with Gasteiger partial charge in [-0.05, 0) is 42.0 Å². The van der Waals surface area contributed by atoms with Crippen LogP contribution in [0.3, 0.4) is 0 Å². The molecule has 2 amide bonds. The molecule has 2 aromatic carbocycles. The number of rotatable bonds is 5. The van der Waals surface area contributed by atoms with Crippen LogP contribution in [-0.2, 0) is 16.1 Å². The predicted molar refractivity (Wildman–Crippen MR) is 103 cm³/mol. The van der Waals surface area contributed by atoms with Crippen molar-refractivity contribution in [1.29, 1.82) is 0 Å². The molecule has 1 atom stereocenters. The summed E-state index contributed by atoms with van der Waals surface area (Å²) in [6, 6.07) is 14.9. The maximum absolute atomic E-state index is 12.6. The van der Waals surface area contributed by atoms with E-state index in [2.05, 4.69) is 5.11 Å². The maximum atomic E-state index is 12.6. The van der Waals surface area contributed by atoms with Gasteiger partial charge in [-0.15, -0.1) is 0 Å². The summed E-state index contributed by atoms with van der Waals surface area (Å²) in [5.41, 5.74) is 1.66. The van der Waals surface area contributed by atoms with Crippen LogP contribution in [0.1, 0.15) is 12.5 Å². The molecule has 2 aliphatic heterocycles. The second kappa shape index (κ2) is 7.59. The molecule has 0 aromatic heterocycles. The number of nitrogens with zero attached hydrogens (tertiary/aromatic N) is 4. The van der Waals surface area contributed by atoms with Crippen molar-refractivity contribution in [3.63, 3.8) is 0 Å². The summed E-state index contributed by atoms with van der Waals surface area (Å²) in [6.07, 6.45) is -0.550. The van der Waals surface area contributed by atoms with E-state index in [-0.39, 0.29) is 6.54 Å². The summed E-state index contributed by atoms with van der Waals surface area (Å²) in [6.45, 7) is 3.74. The van der Waals surface area contributed by atoms with Crippen LogP contribution in [0.5, 0.6) is 5.75 Å². The van der Waals surface area contributed by atoms with Crippen LogP contribution in [0.2, 0.25) is 5.02 Å². The van der Waals surface area contributed by atoms with Gasteiger partial charge in [0.15, 0.2) is 0 Å². The number of carbonyl (C=O) groups excluding carboxylic acids is 2. The smallest absolute Gasteiger partial charge is 0.494 e. The van der Waals surface area contributed by atoms with E-state index < -0.39 is 18.1 Å². The minimum Gasteiger partial charge on any atom is -0.494 e. The molecule has 1 fully saturated rings. The lowest BCUT2D eigenvalue weighted by Gasteiger charge is -2.27. The lowest BCUT2D eigenvalue weighted by Crippen LogP contribution is -2.51. The lowest BCUT2D eigenvalue weighted by molar-refractivity contribution is -0.534. The molecule has 0 N–H and O–H groups in total. The highest BCUT2D eigenvalue weighted by Gasteiger charge is 2.49. The zero-order valence-corrected chi connectivity index (χ0v) is 16.2. The minimum absolute atomic E-state index is 0.158. The number of ether oxygens (including phenoxy) is 1. The first-order valence-electron chi connectivity index (χ1n) is 9.14. The number of amides is 2. The first-order valence-corrected chi connectivity index (χ1v) is 9.52. The second-order valence-electron chi connectivity index (χ2n) is 6.53. The van der Waals surface area contributed by atoms with Crippen molar-refractivity contribution < 1.29 is 19.0 Å². The van der Waals surface area contributed by atoms with Gasteiger partial charge in [-0.3, -0.25) is 9.69 Å². The molecular weight excluding hydrogens is 380 g/mol. The van der Waals surface area contributed by atoms with E-state index in [1.54, 1.807) is 6.07 Å². The van der Waals surface area contributed by atoms with Crippen LogP contribution in [0, 0.1) is 0 Å². The van der Waals surface area contributed by atoms with Crippen molar-refractivity contribution in [1.82, 2.24) is 4.90 Å². The number of hydrogen-bond donors (Lipinski definition) is 0. The van der Waals surface area contributed by atoms with E-state index >= 15 is 0 Å². The molecule has 2 aliphatic rings. The Hall–Kier alpha value is -2.93. The molecule has 0 spiro atoms. The summed E-state index contributed by atoms with van der Waals surface area (Å²) in [5.74, 6) is -0.389. The Morgan fingerprint density at radius 3 is 2.54 bits per heavy atom. The SMILES string of the molecule is CCOc1ccc(N2CCN3C(=O)C(=O)[N+](Cc4ccccc4Cl)=NC32)cc1. The third-order valence-corrected chi connectivity index (χ3v) is 5.19. The van der Waals surface area contributed by atoms with E-state index in [0.717, 1.165) is 17.0 Å². The molecule has 4 rings (SSSR count). The highest BCUT2D eigenvalue weighted by molar-refractivity contribution is 6.32. The fourth-order valence-electron chi connectivity index (χ4n) is 3.42. The summed E-state index contributed by atoms with van der Waals surface area (Å²) < 4.78 is 6.70. The number of hydrogen-bond acceptors (Lipinski definition) is 5. The van der Waals surface area contributed by atoms with Gasteiger partial charge >= 0.3 is 11.8 Å². The third-order valence-electron chi connectivity index (χ3n) is 4.82. The number of azo groups is 2. The van der Waals surface area contributed by atoms with E-state index in [4.69, 9.17) is 16.3 Å². The van der Waals surface area contributed by atoms with Gasteiger partial charge in [0, 0.05) is 29.5 Å². The van der Waals surface area contributed by atoms with Crippen molar-refractivity contribution in [3.05, 3.63) is 59.1 Å². The van der Waals surface area contributed by atoms with E-state index in [1.807, 2.05) is 54.3 Å². The Balaban J connectivity index is 1.63. The van der Waals surface area contributed by atoms with Crippen LogP contribution in [0.15, 0.2) is 53.6 Å². The van der Waals surface area contributed by atoms with Crippen molar-refractivity contribution in [2.45, 2.75) is 19.8 Å². The fraction of sp³-hybridized carbons (Fsp3) is 0.300. The first-order chi connectivity index (χ1) is 13.6. The van der Waals surface area contributed by atoms with Crippen LogP contribution < -0.4 is 9.64 Å². The van der Waals surface area contributed by atoms with Crippen molar-refractivity contribution in [3.8, 4) is 5.75 Å². The maximum Gasteiger partial charge on any atom is 0.502 e. The Kier molecular flexibility index (Phi) is 5.00. The third kappa shape index (κ3) is 3.33. The van der Waals surface area contributed by atoms with Crippen LogP contribution in [-0.4, -0.2) is 47.4 Å². The number of carbonyl (C=O) groups is 2. The van der Waals surface area contributed by atoms with E-state index in [1.165, 1.54) is 9.60 Å². The highest BCUT2D eigenvalue weighted by atomic mass is 35.5. The quantitative estimate of drug-likeness (QED) is 0.573. The number of fused-ring (bicyclic) bond motifs is 1. The predicted octanol–water partition coefficient (Wildman–Crippen LogP) is 2.88. The van der Waals surface area contributed by atoms with Gasteiger partial charge in [-0.25, -0.2) is 4.79 Å². The van der Waals surface area contributed by atoms with Gasteiger partial charge in [0.2, 0.25) is 6.54 Å². The van der Waals surface area contributed by atoms with Gasteiger partial charge in [0.25, 0.3) is 6.29 Å². The number of anilines is 1. The van der Waals surface area contributed by atoms with Gasteiger partial charge in [0.05, 0.1) is 11.6 Å². The molecule has 0 bridgehead atoms. The average Bonchev–Trinajstić information content (AvgIpc) is 3.12. The molecule has 144 valence electrons. The monoisotopic (exact) mass is 399 g/mol. The first kappa shape index (κ1) is 18.4. The normalized spacial score (nSPS) is 18.9. The van der Waals surface area contributed by atoms with Crippen LogP contribution >= 0.6 is 11.6 Å². The zero-order valence-electron chi connectivity index (χ0n) is 15.4. The topological polar surface area (TPSA) is 65.2 Å². The molecule has 8 heteroatoms. The van der Waals surface area contributed by atoms with Crippen molar-refractivity contribution in [2.75, 3.05) is 24.6 Å². The van der Waals surface area contributed by atoms with Crippen LogP contribution in [0.25, 0.3) is 0 Å². The van der Waals surface area contributed by atoms with Crippen LogP contribution in [0.4, 0.5) is 5.69 Å². The van der Waals surface area contributed by atoms with Gasteiger partial charge < -0.3 is 9.64 Å². The Morgan fingerprint density at radius 2 is 1.82 bits per heavy atom. The zero-order chi connectivity index (χ0) is 19.7. The Labute approximate surface area is 167 Å². The second-order valence-corrected chi connectivity index (χ2v) is 6.94. The molecule has 1 saturated heterocycles. The molecule has 7 nitrogen and oxygen atoms in total. The molecule has 2 aromatic rings. The largest absolute Gasteiger partial charge is 0.502 e. The fourth-order valence-corrected chi connectivity index (χ4v) is 3.62.